The highest BCUT2D eigenvalue weighted by atomic mass is 19.1. The molecule has 0 radical (unpaired) electrons. The molecular formula is C24H23F2N6O2+. The number of aliphatic imine (C=N–C) groups is 1. The number of hydrazone groups is 1. The predicted molar refractivity (Wildman–Crippen MR) is 122 cm³/mol. The normalized spacial score (nSPS) is 14.4. The Morgan fingerprint density at radius 1 is 1.26 bits per heavy atom. The fourth-order valence-electron chi connectivity index (χ4n) is 3.61. The molecule has 1 aliphatic rings. The van der Waals surface area contributed by atoms with E-state index in [0.717, 1.165) is 17.7 Å². The minimum Gasteiger partial charge on any atom is -0.378 e. The van der Waals surface area contributed by atoms with Gasteiger partial charge in [0.2, 0.25) is 13.1 Å². The maximum Gasteiger partial charge on any atom is 0.352 e. The van der Waals surface area contributed by atoms with Gasteiger partial charge in [-0.3, -0.25) is 0 Å². The van der Waals surface area contributed by atoms with Crippen LogP contribution >= 0.6 is 0 Å². The molecule has 1 aliphatic heterocycles. The molecule has 0 aliphatic carbocycles. The summed E-state index contributed by atoms with van der Waals surface area (Å²) in [5, 5.41) is 20.0. The van der Waals surface area contributed by atoms with E-state index < -0.39 is 17.2 Å². The summed E-state index contributed by atoms with van der Waals surface area (Å²) in [7, 11) is 0. The molecule has 1 aromatic heterocycles. The number of hydrogen-bond donors (Lipinski definition) is 2. The first-order valence-electron chi connectivity index (χ1n) is 10.5. The molecule has 0 bridgehead atoms. The van der Waals surface area contributed by atoms with E-state index in [1.807, 2.05) is 19.1 Å². The Kier molecular flexibility index (Phi) is 6.74. The summed E-state index contributed by atoms with van der Waals surface area (Å²) in [4.78, 5) is 8.26. The molecule has 0 saturated heterocycles. The van der Waals surface area contributed by atoms with Crippen LogP contribution in [0.15, 0.2) is 71.7 Å². The van der Waals surface area contributed by atoms with E-state index in [1.165, 1.54) is 23.6 Å². The SMILES string of the molecule is C=C(c1ccc(-c2nc[nH][n+]2COCC)cc1)C(O)(CN1C=NC=C=N1)c1ccc(F)cc1F. The predicted octanol–water partition coefficient (Wildman–Crippen LogP) is 2.98. The van der Waals surface area contributed by atoms with Gasteiger partial charge >= 0.3 is 5.82 Å². The van der Waals surface area contributed by atoms with Crippen LogP contribution in [-0.4, -0.2) is 45.6 Å². The molecule has 0 fully saturated rings. The maximum absolute atomic E-state index is 14.8. The average Bonchev–Trinajstić information content (AvgIpc) is 3.31. The van der Waals surface area contributed by atoms with Crippen molar-refractivity contribution < 1.29 is 23.3 Å². The monoisotopic (exact) mass is 465 g/mol. The molecule has 1 atom stereocenters. The highest BCUT2D eigenvalue weighted by Gasteiger charge is 2.38. The van der Waals surface area contributed by atoms with E-state index in [9.17, 15) is 13.9 Å². The Labute approximate surface area is 194 Å². The van der Waals surface area contributed by atoms with E-state index in [-0.39, 0.29) is 17.7 Å². The molecule has 0 amide bonds. The first-order chi connectivity index (χ1) is 16.4. The number of aromatic amines is 1. The molecule has 4 rings (SSSR count). The third kappa shape index (κ3) is 4.69. The Bertz CT molecular complexity index is 1280. The molecule has 2 N–H and O–H groups in total. The zero-order chi connectivity index (χ0) is 24.1. The smallest absolute Gasteiger partial charge is 0.352 e. The number of benzene rings is 2. The van der Waals surface area contributed by atoms with E-state index in [0.29, 0.717) is 24.7 Å². The summed E-state index contributed by atoms with van der Waals surface area (Å²) in [5.41, 5.74) is -0.535. The zero-order valence-electron chi connectivity index (χ0n) is 18.4. The van der Waals surface area contributed by atoms with Gasteiger partial charge in [0.05, 0.1) is 18.3 Å². The van der Waals surface area contributed by atoms with Crippen LogP contribution in [0.1, 0.15) is 18.1 Å². The van der Waals surface area contributed by atoms with Gasteiger partial charge in [-0.15, -0.1) is 9.78 Å². The molecule has 2 heterocycles. The molecule has 2 aromatic carbocycles. The summed E-state index contributed by atoms with van der Waals surface area (Å²) in [5.74, 6) is 1.58. The Morgan fingerprint density at radius 3 is 2.74 bits per heavy atom. The van der Waals surface area contributed by atoms with Gasteiger partial charge in [-0.1, -0.05) is 18.7 Å². The Balaban J connectivity index is 1.68. The van der Waals surface area contributed by atoms with Gasteiger partial charge < -0.3 is 9.84 Å². The molecule has 0 saturated carbocycles. The lowest BCUT2D eigenvalue weighted by atomic mass is 9.82. The molecule has 0 spiro atoms. The topological polar surface area (TPSA) is 90.0 Å². The molecule has 174 valence electrons. The van der Waals surface area contributed by atoms with Crippen molar-refractivity contribution in [2.45, 2.75) is 19.3 Å². The molecular weight excluding hydrogens is 442 g/mol. The lowest BCUT2D eigenvalue weighted by Gasteiger charge is -2.34. The molecule has 8 nitrogen and oxygen atoms in total. The van der Waals surface area contributed by atoms with Gasteiger partial charge in [-0.2, -0.15) is 5.10 Å². The Hall–Kier alpha value is -3.98. The number of halogens is 2. The quantitative estimate of drug-likeness (QED) is 0.476. The first-order valence-corrected chi connectivity index (χ1v) is 10.5. The second-order valence-electron chi connectivity index (χ2n) is 7.52. The number of H-pyrrole nitrogens is 1. The molecule has 1 unspecified atom stereocenters. The van der Waals surface area contributed by atoms with Crippen molar-refractivity contribution in [3.8, 4) is 11.4 Å². The number of ether oxygens (including phenoxy) is 1. The summed E-state index contributed by atoms with van der Waals surface area (Å²) in [6.45, 7) is 6.62. The van der Waals surface area contributed by atoms with Crippen LogP contribution in [-0.2, 0) is 17.1 Å². The van der Waals surface area contributed by atoms with Gasteiger partial charge in [-0.05, 0) is 47.3 Å². The van der Waals surface area contributed by atoms with Crippen LogP contribution in [0, 0.1) is 11.6 Å². The Morgan fingerprint density at radius 2 is 2.06 bits per heavy atom. The van der Waals surface area contributed by atoms with Crippen molar-refractivity contribution in [2.75, 3.05) is 13.2 Å². The largest absolute Gasteiger partial charge is 0.378 e. The minimum absolute atomic E-state index is 0.136. The highest BCUT2D eigenvalue weighted by Crippen LogP contribution is 2.38. The lowest BCUT2D eigenvalue weighted by molar-refractivity contribution is -0.773. The van der Waals surface area contributed by atoms with Crippen LogP contribution in [0.5, 0.6) is 0 Å². The molecule has 3 aromatic rings. The van der Waals surface area contributed by atoms with Crippen molar-refractivity contribution in [3.05, 3.63) is 84.3 Å². The summed E-state index contributed by atoms with van der Waals surface area (Å²) >= 11 is 0. The number of hydrogen-bond acceptors (Lipinski definition) is 6. The second-order valence-corrected chi connectivity index (χ2v) is 7.52. The van der Waals surface area contributed by atoms with Gasteiger partial charge in [0.25, 0.3) is 0 Å². The maximum atomic E-state index is 14.8. The number of nitrogens with zero attached hydrogens (tertiary/aromatic N) is 5. The number of rotatable bonds is 9. The average molecular weight is 465 g/mol. The lowest BCUT2D eigenvalue weighted by Crippen LogP contribution is -2.40. The standard InChI is InChI=1S/C24H22F2N6O2/c1-3-34-16-32-23(28-14-30-32)19-6-4-18(5-7-19)17(2)24(33,13-31-15-27-10-11-29-31)21-9-8-20(25)12-22(21)26/h4-10,12,14-15,33H,2-3,13,16H2,1H3/p+1. The van der Waals surface area contributed by atoms with Gasteiger partial charge in [0, 0.05) is 24.1 Å². The van der Waals surface area contributed by atoms with Crippen LogP contribution in [0.4, 0.5) is 8.78 Å². The number of aromatic nitrogens is 3. The summed E-state index contributed by atoms with van der Waals surface area (Å²) in [6, 6.07) is 10.1. The number of nitrogens with one attached hydrogen (secondary N) is 1. The number of β-amino-alcohol motifs (C(OH)–C–C–N with tert-alkyl or cyclic N) is 1. The molecule has 34 heavy (non-hydrogen) atoms. The first kappa shape index (κ1) is 23.2. The van der Waals surface area contributed by atoms with Crippen LogP contribution in [0.25, 0.3) is 17.0 Å². The van der Waals surface area contributed by atoms with E-state index in [2.05, 4.69) is 32.6 Å². The van der Waals surface area contributed by atoms with E-state index in [4.69, 9.17) is 4.74 Å². The van der Waals surface area contributed by atoms with Gasteiger partial charge in [0.15, 0.2) is 0 Å². The fourth-order valence-corrected chi connectivity index (χ4v) is 3.61. The summed E-state index contributed by atoms with van der Waals surface area (Å²) in [6.07, 6.45) is 4.29. The van der Waals surface area contributed by atoms with E-state index in [1.54, 1.807) is 23.1 Å². The highest BCUT2D eigenvalue weighted by molar-refractivity contribution is 5.75. The third-order valence-corrected chi connectivity index (χ3v) is 5.36. The summed E-state index contributed by atoms with van der Waals surface area (Å²) < 4.78 is 35.6. The van der Waals surface area contributed by atoms with Crippen molar-refractivity contribution >= 4 is 17.8 Å². The van der Waals surface area contributed by atoms with E-state index >= 15 is 0 Å². The van der Waals surface area contributed by atoms with Crippen molar-refractivity contribution in [2.24, 2.45) is 10.1 Å². The van der Waals surface area contributed by atoms with Crippen LogP contribution < -0.4 is 4.68 Å². The van der Waals surface area contributed by atoms with Gasteiger partial charge in [0.1, 0.15) is 23.6 Å². The fraction of sp³-hybridized carbons (Fsp3) is 0.208. The van der Waals surface area contributed by atoms with Crippen molar-refractivity contribution in [1.82, 2.24) is 15.1 Å². The van der Waals surface area contributed by atoms with Crippen LogP contribution in [0.2, 0.25) is 0 Å². The minimum atomic E-state index is -1.95. The van der Waals surface area contributed by atoms with Crippen molar-refractivity contribution in [1.29, 1.82) is 0 Å². The third-order valence-electron chi connectivity index (χ3n) is 5.36. The van der Waals surface area contributed by atoms with Crippen molar-refractivity contribution in [3.63, 3.8) is 0 Å². The van der Waals surface area contributed by atoms with Gasteiger partial charge in [-0.25, -0.2) is 18.8 Å². The second kappa shape index (κ2) is 9.88. The van der Waals surface area contributed by atoms with Crippen LogP contribution in [0.3, 0.4) is 0 Å². The molecule has 10 heteroatoms. The number of aliphatic hydroxyl groups is 1. The zero-order valence-corrected chi connectivity index (χ0v) is 18.4.